The van der Waals surface area contributed by atoms with Gasteiger partial charge in [0.05, 0.1) is 20.3 Å². The van der Waals surface area contributed by atoms with E-state index in [1.165, 1.54) is 0 Å². The molecule has 0 aliphatic carbocycles. The Balaban J connectivity index is 1.76. The number of hydrogen-bond donors (Lipinski definition) is 1. The Bertz CT molecular complexity index is 997. The molecule has 0 heterocycles. The van der Waals surface area contributed by atoms with E-state index in [0.717, 1.165) is 34.8 Å². The van der Waals surface area contributed by atoms with E-state index in [0.29, 0.717) is 12.1 Å². The molecule has 5 nitrogen and oxygen atoms in total. The first kappa shape index (κ1) is 23.2. The maximum absolute atomic E-state index is 12.6. The fourth-order valence-electron chi connectivity index (χ4n) is 3.68. The normalized spacial score (nSPS) is 11.7. The summed E-state index contributed by atoms with van der Waals surface area (Å²) in [4.78, 5) is 12.6. The molecule has 0 spiro atoms. The zero-order valence-electron chi connectivity index (χ0n) is 19.1. The van der Waals surface area contributed by atoms with Crippen molar-refractivity contribution in [1.82, 2.24) is 5.32 Å². The number of methoxy groups -OCH3 is 2. The molecule has 0 aliphatic heterocycles. The summed E-state index contributed by atoms with van der Waals surface area (Å²) in [6.07, 6.45) is 0.853. The molecule has 32 heavy (non-hydrogen) atoms. The van der Waals surface area contributed by atoms with Crippen molar-refractivity contribution in [2.24, 2.45) is 0 Å². The van der Waals surface area contributed by atoms with Gasteiger partial charge in [-0.3, -0.25) is 4.79 Å². The number of rotatable bonds is 10. The first-order valence-corrected chi connectivity index (χ1v) is 10.8. The van der Waals surface area contributed by atoms with Crippen LogP contribution in [0.25, 0.3) is 0 Å². The average Bonchev–Trinajstić information content (AvgIpc) is 2.82. The quantitative estimate of drug-likeness (QED) is 0.462. The summed E-state index contributed by atoms with van der Waals surface area (Å²) in [5.41, 5.74) is 2.84. The maximum atomic E-state index is 12.6. The van der Waals surface area contributed by atoms with Gasteiger partial charge < -0.3 is 19.5 Å². The fourth-order valence-corrected chi connectivity index (χ4v) is 3.68. The summed E-state index contributed by atoms with van der Waals surface area (Å²) >= 11 is 0. The highest BCUT2D eigenvalue weighted by Gasteiger charge is 2.19. The van der Waals surface area contributed by atoms with Crippen molar-refractivity contribution in [3.05, 3.63) is 89.5 Å². The van der Waals surface area contributed by atoms with E-state index in [4.69, 9.17) is 14.2 Å². The van der Waals surface area contributed by atoms with Crippen molar-refractivity contribution in [3.63, 3.8) is 0 Å². The molecule has 1 atom stereocenters. The summed E-state index contributed by atoms with van der Waals surface area (Å²) in [7, 11) is 3.29. The second-order valence-electron chi connectivity index (χ2n) is 7.80. The predicted octanol–water partition coefficient (Wildman–Crippen LogP) is 5.44. The van der Waals surface area contributed by atoms with Crippen LogP contribution >= 0.6 is 0 Å². The Labute approximate surface area is 190 Å². The second-order valence-corrected chi connectivity index (χ2v) is 7.80. The standard InChI is InChI=1S/C27H31NO4/c1-19(2)32-23-15-9-20(10-16-23)24(25-7-5-6-8-26(25)31-4)17-18-28-27(29)21-11-13-22(30-3)14-12-21/h5-16,19,24H,17-18H2,1-4H3,(H,28,29)/t24-/m1/s1. The van der Waals surface area contributed by atoms with Gasteiger partial charge in [-0.05, 0) is 68.3 Å². The van der Waals surface area contributed by atoms with Crippen molar-refractivity contribution in [2.75, 3.05) is 20.8 Å². The number of ether oxygens (including phenoxy) is 3. The van der Waals surface area contributed by atoms with Gasteiger partial charge in [0.2, 0.25) is 0 Å². The monoisotopic (exact) mass is 433 g/mol. The lowest BCUT2D eigenvalue weighted by Crippen LogP contribution is -2.25. The third kappa shape index (κ3) is 6.03. The smallest absolute Gasteiger partial charge is 0.251 e. The Morgan fingerprint density at radius 3 is 2.12 bits per heavy atom. The predicted molar refractivity (Wildman–Crippen MR) is 127 cm³/mol. The molecule has 0 bridgehead atoms. The molecule has 1 amide bonds. The lowest BCUT2D eigenvalue weighted by Gasteiger charge is -2.21. The molecule has 0 fully saturated rings. The van der Waals surface area contributed by atoms with E-state index in [-0.39, 0.29) is 17.9 Å². The average molecular weight is 434 g/mol. The highest BCUT2D eigenvalue weighted by molar-refractivity contribution is 5.94. The Hall–Kier alpha value is -3.47. The van der Waals surface area contributed by atoms with Gasteiger partial charge in [0.15, 0.2) is 0 Å². The molecule has 0 radical (unpaired) electrons. The van der Waals surface area contributed by atoms with Crippen molar-refractivity contribution in [3.8, 4) is 17.2 Å². The van der Waals surface area contributed by atoms with Crippen LogP contribution in [0.3, 0.4) is 0 Å². The number of para-hydroxylation sites is 1. The molecule has 3 aromatic carbocycles. The minimum atomic E-state index is -0.105. The van der Waals surface area contributed by atoms with Crippen LogP contribution in [-0.4, -0.2) is 32.8 Å². The SMILES string of the molecule is COc1ccc(C(=O)NCC[C@H](c2ccc(OC(C)C)cc2)c2ccccc2OC)cc1. The molecule has 3 rings (SSSR count). The highest BCUT2D eigenvalue weighted by Crippen LogP contribution is 2.35. The van der Waals surface area contributed by atoms with Crippen LogP contribution in [0.15, 0.2) is 72.8 Å². The third-order valence-electron chi connectivity index (χ3n) is 5.24. The lowest BCUT2D eigenvalue weighted by atomic mass is 9.87. The number of carbonyl (C=O) groups is 1. The van der Waals surface area contributed by atoms with Crippen molar-refractivity contribution >= 4 is 5.91 Å². The Morgan fingerprint density at radius 1 is 0.844 bits per heavy atom. The van der Waals surface area contributed by atoms with Gasteiger partial charge >= 0.3 is 0 Å². The maximum Gasteiger partial charge on any atom is 0.251 e. The summed E-state index contributed by atoms with van der Waals surface area (Å²) in [5.74, 6) is 2.36. The molecule has 5 heteroatoms. The molecule has 3 aromatic rings. The van der Waals surface area contributed by atoms with Gasteiger partial charge in [-0.25, -0.2) is 0 Å². The Kier molecular flexibility index (Phi) is 8.14. The first-order chi connectivity index (χ1) is 15.5. The Morgan fingerprint density at radius 2 is 1.50 bits per heavy atom. The summed E-state index contributed by atoms with van der Waals surface area (Å²) < 4.78 is 16.6. The molecular formula is C27H31NO4. The molecule has 0 aliphatic rings. The van der Waals surface area contributed by atoms with Crippen LogP contribution in [0.4, 0.5) is 0 Å². The van der Waals surface area contributed by atoms with E-state index in [1.54, 1.807) is 38.5 Å². The van der Waals surface area contributed by atoms with E-state index >= 15 is 0 Å². The number of carbonyl (C=O) groups excluding carboxylic acids is 1. The van der Waals surface area contributed by atoms with Crippen molar-refractivity contribution in [1.29, 1.82) is 0 Å². The minimum absolute atomic E-state index is 0.0652. The van der Waals surface area contributed by atoms with Crippen LogP contribution in [0.1, 0.15) is 47.7 Å². The topological polar surface area (TPSA) is 56.8 Å². The van der Waals surface area contributed by atoms with Crippen molar-refractivity contribution < 1.29 is 19.0 Å². The van der Waals surface area contributed by atoms with Gasteiger partial charge in [-0.15, -0.1) is 0 Å². The second kappa shape index (κ2) is 11.2. The molecule has 0 saturated heterocycles. The first-order valence-electron chi connectivity index (χ1n) is 10.8. The van der Waals surface area contributed by atoms with Gasteiger partial charge in [0.1, 0.15) is 17.2 Å². The van der Waals surface area contributed by atoms with Crippen LogP contribution in [0.2, 0.25) is 0 Å². The summed E-state index contributed by atoms with van der Waals surface area (Å²) in [6, 6.07) is 23.3. The molecular weight excluding hydrogens is 402 g/mol. The fraction of sp³-hybridized carbons (Fsp3) is 0.296. The number of hydrogen-bond acceptors (Lipinski definition) is 4. The number of nitrogens with one attached hydrogen (secondary N) is 1. The zero-order valence-corrected chi connectivity index (χ0v) is 19.1. The third-order valence-corrected chi connectivity index (χ3v) is 5.24. The molecule has 168 valence electrons. The van der Waals surface area contributed by atoms with Crippen molar-refractivity contribution in [2.45, 2.75) is 32.3 Å². The molecule has 0 saturated carbocycles. The number of amides is 1. The molecule has 0 unspecified atom stereocenters. The van der Waals surface area contributed by atoms with E-state index in [9.17, 15) is 4.79 Å². The van der Waals surface area contributed by atoms with Gasteiger partial charge in [0, 0.05) is 23.6 Å². The van der Waals surface area contributed by atoms with E-state index < -0.39 is 0 Å². The van der Waals surface area contributed by atoms with Crippen LogP contribution in [-0.2, 0) is 0 Å². The van der Waals surface area contributed by atoms with Gasteiger partial charge in [-0.1, -0.05) is 30.3 Å². The highest BCUT2D eigenvalue weighted by atomic mass is 16.5. The van der Waals surface area contributed by atoms with E-state index in [1.807, 2.05) is 44.2 Å². The number of benzene rings is 3. The minimum Gasteiger partial charge on any atom is -0.497 e. The van der Waals surface area contributed by atoms with Crippen LogP contribution < -0.4 is 19.5 Å². The summed E-state index contributed by atoms with van der Waals surface area (Å²) in [6.45, 7) is 4.55. The van der Waals surface area contributed by atoms with Crippen LogP contribution in [0.5, 0.6) is 17.2 Å². The largest absolute Gasteiger partial charge is 0.497 e. The zero-order chi connectivity index (χ0) is 22.9. The van der Waals surface area contributed by atoms with Gasteiger partial charge in [-0.2, -0.15) is 0 Å². The summed E-state index contributed by atoms with van der Waals surface area (Å²) in [5, 5.41) is 3.04. The van der Waals surface area contributed by atoms with Crippen LogP contribution in [0, 0.1) is 0 Å². The molecule has 1 N–H and O–H groups in total. The molecule has 0 aromatic heterocycles. The van der Waals surface area contributed by atoms with E-state index in [2.05, 4.69) is 23.5 Å². The van der Waals surface area contributed by atoms with Gasteiger partial charge in [0.25, 0.3) is 5.91 Å². The lowest BCUT2D eigenvalue weighted by molar-refractivity contribution is 0.0952.